The number of benzene rings is 1. The van der Waals surface area contributed by atoms with E-state index < -0.39 is 25.0 Å². The van der Waals surface area contributed by atoms with Crippen LogP contribution in [0, 0.1) is 0 Å². The zero-order valence-electron chi connectivity index (χ0n) is 9.21. The van der Waals surface area contributed by atoms with Gasteiger partial charge in [-0.3, -0.25) is 9.89 Å². The van der Waals surface area contributed by atoms with E-state index in [9.17, 15) is 18.0 Å². The average molecular weight is 257 g/mol. The number of hydrogen-bond acceptors (Lipinski definition) is 2. The number of nitrogens with one attached hydrogen (secondary N) is 2. The van der Waals surface area contributed by atoms with Crippen molar-refractivity contribution >= 4 is 16.8 Å². The molecule has 96 valence electrons. The van der Waals surface area contributed by atoms with Crippen molar-refractivity contribution in [3.8, 4) is 0 Å². The Balaban J connectivity index is 2.05. The highest BCUT2D eigenvalue weighted by Crippen LogP contribution is 2.19. The number of nitrogens with zero attached hydrogens (tertiary/aromatic N) is 1. The molecule has 0 spiro atoms. The van der Waals surface area contributed by atoms with Crippen molar-refractivity contribution in [3.05, 3.63) is 30.0 Å². The van der Waals surface area contributed by atoms with Crippen molar-refractivity contribution in [2.45, 2.75) is 12.6 Å². The van der Waals surface area contributed by atoms with Gasteiger partial charge in [0.15, 0.2) is 5.69 Å². The van der Waals surface area contributed by atoms with E-state index in [0.29, 0.717) is 10.9 Å². The van der Waals surface area contributed by atoms with Crippen LogP contribution in [0.4, 0.5) is 13.2 Å². The van der Waals surface area contributed by atoms with Crippen molar-refractivity contribution in [2.24, 2.45) is 0 Å². The molecule has 0 unspecified atom stereocenters. The smallest absolute Gasteiger partial charge is 0.350 e. The number of hydrogen-bond donors (Lipinski definition) is 2. The molecular weight excluding hydrogens is 247 g/mol. The van der Waals surface area contributed by atoms with Gasteiger partial charge in [-0.25, -0.2) is 0 Å². The van der Waals surface area contributed by atoms with Crippen molar-refractivity contribution in [2.75, 3.05) is 6.54 Å². The molecule has 1 aromatic heterocycles. The number of amides is 1. The minimum atomic E-state index is -4.28. The highest BCUT2D eigenvalue weighted by Gasteiger charge is 2.26. The van der Waals surface area contributed by atoms with Crippen LogP contribution in [-0.2, 0) is 0 Å². The summed E-state index contributed by atoms with van der Waals surface area (Å²) in [5.41, 5.74) is 0.770. The van der Waals surface area contributed by atoms with Crippen molar-refractivity contribution in [1.82, 2.24) is 15.5 Å². The van der Waals surface area contributed by atoms with Crippen LogP contribution >= 0.6 is 0 Å². The molecule has 2 rings (SSSR count). The first-order valence-electron chi connectivity index (χ1n) is 5.25. The Bertz CT molecular complexity index is 562. The Hall–Kier alpha value is -2.05. The van der Waals surface area contributed by atoms with Gasteiger partial charge in [0.2, 0.25) is 0 Å². The third-order valence-corrected chi connectivity index (χ3v) is 2.38. The van der Waals surface area contributed by atoms with Gasteiger partial charge in [0.25, 0.3) is 5.91 Å². The molecule has 0 aliphatic carbocycles. The van der Waals surface area contributed by atoms with Gasteiger partial charge in [0.05, 0.1) is 11.9 Å². The van der Waals surface area contributed by atoms with Gasteiger partial charge in [0, 0.05) is 11.9 Å². The molecule has 0 bridgehead atoms. The SMILES string of the molecule is O=C(NCCC(F)(F)F)c1n[nH]c2ccccc12. The van der Waals surface area contributed by atoms with Gasteiger partial charge in [0.1, 0.15) is 0 Å². The lowest BCUT2D eigenvalue weighted by molar-refractivity contribution is -0.132. The van der Waals surface area contributed by atoms with E-state index in [1.165, 1.54) is 0 Å². The lowest BCUT2D eigenvalue weighted by Crippen LogP contribution is -2.28. The summed E-state index contributed by atoms with van der Waals surface area (Å²) in [5, 5.41) is 9.21. The maximum absolute atomic E-state index is 11.9. The van der Waals surface area contributed by atoms with Crippen LogP contribution in [0.15, 0.2) is 24.3 Å². The van der Waals surface area contributed by atoms with Crippen LogP contribution in [0.5, 0.6) is 0 Å². The Labute approximate surface area is 100 Å². The van der Waals surface area contributed by atoms with Crippen molar-refractivity contribution in [3.63, 3.8) is 0 Å². The Morgan fingerprint density at radius 1 is 1.33 bits per heavy atom. The van der Waals surface area contributed by atoms with Crippen molar-refractivity contribution < 1.29 is 18.0 Å². The number of carbonyl (C=O) groups excluding carboxylic acids is 1. The van der Waals surface area contributed by atoms with E-state index in [2.05, 4.69) is 15.5 Å². The topological polar surface area (TPSA) is 57.8 Å². The number of H-pyrrole nitrogens is 1. The molecule has 4 nitrogen and oxygen atoms in total. The molecule has 1 heterocycles. The number of alkyl halides is 3. The van der Waals surface area contributed by atoms with Crippen LogP contribution in [0.25, 0.3) is 10.9 Å². The van der Waals surface area contributed by atoms with E-state index in [0.717, 1.165) is 0 Å². The number of para-hydroxylation sites is 1. The summed E-state index contributed by atoms with van der Waals surface area (Å²) < 4.78 is 35.8. The van der Waals surface area contributed by atoms with Crippen LogP contribution in [0.3, 0.4) is 0 Å². The Morgan fingerprint density at radius 2 is 2.06 bits per heavy atom. The fourth-order valence-electron chi connectivity index (χ4n) is 1.54. The maximum atomic E-state index is 11.9. The standard InChI is InChI=1S/C11H10F3N3O/c12-11(13,14)5-6-15-10(18)9-7-3-1-2-4-8(7)16-17-9/h1-4H,5-6H2,(H,15,18)(H,16,17). The molecule has 0 saturated carbocycles. The minimum absolute atomic E-state index is 0.104. The zero-order valence-corrected chi connectivity index (χ0v) is 9.21. The van der Waals surface area contributed by atoms with Crippen LogP contribution in [0.2, 0.25) is 0 Å². The predicted molar refractivity (Wildman–Crippen MR) is 59.1 cm³/mol. The second kappa shape index (κ2) is 4.67. The van der Waals surface area contributed by atoms with Gasteiger partial charge in [-0.15, -0.1) is 0 Å². The summed E-state index contributed by atoms with van der Waals surface area (Å²) in [5.74, 6) is -0.614. The summed E-state index contributed by atoms with van der Waals surface area (Å²) in [7, 11) is 0. The van der Waals surface area contributed by atoms with Gasteiger partial charge in [-0.05, 0) is 6.07 Å². The highest BCUT2D eigenvalue weighted by molar-refractivity contribution is 6.04. The van der Waals surface area contributed by atoms with Gasteiger partial charge < -0.3 is 5.32 Å². The molecule has 1 aromatic carbocycles. The molecule has 0 aliphatic rings. The number of carbonyl (C=O) groups is 1. The first-order chi connectivity index (χ1) is 8.47. The summed E-state index contributed by atoms with van der Waals surface area (Å²) in [4.78, 5) is 11.6. The number of aromatic amines is 1. The van der Waals surface area contributed by atoms with Crippen LogP contribution in [0.1, 0.15) is 16.9 Å². The quantitative estimate of drug-likeness (QED) is 0.886. The van der Waals surface area contributed by atoms with E-state index in [1.807, 2.05) is 0 Å². The molecule has 2 aromatic rings. The molecule has 18 heavy (non-hydrogen) atoms. The molecule has 0 fully saturated rings. The lowest BCUT2D eigenvalue weighted by atomic mass is 10.2. The zero-order chi connectivity index (χ0) is 13.2. The van der Waals surface area contributed by atoms with E-state index >= 15 is 0 Å². The van der Waals surface area contributed by atoms with Crippen LogP contribution in [-0.4, -0.2) is 28.8 Å². The predicted octanol–water partition coefficient (Wildman–Crippen LogP) is 2.25. The Kier molecular flexibility index (Phi) is 3.22. The minimum Gasteiger partial charge on any atom is -0.350 e. The van der Waals surface area contributed by atoms with E-state index in [4.69, 9.17) is 0 Å². The van der Waals surface area contributed by atoms with Gasteiger partial charge in [-0.2, -0.15) is 18.3 Å². The normalized spacial score (nSPS) is 11.7. The molecule has 0 radical (unpaired) electrons. The summed E-state index contributed by atoms with van der Waals surface area (Å²) >= 11 is 0. The monoisotopic (exact) mass is 257 g/mol. The third-order valence-electron chi connectivity index (χ3n) is 2.38. The van der Waals surface area contributed by atoms with E-state index in [1.54, 1.807) is 24.3 Å². The third kappa shape index (κ3) is 2.79. The summed E-state index contributed by atoms with van der Waals surface area (Å²) in [6.45, 7) is -0.455. The molecule has 0 aliphatic heterocycles. The number of fused-ring (bicyclic) bond motifs is 1. The second-order valence-electron chi connectivity index (χ2n) is 3.74. The van der Waals surface area contributed by atoms with Gasteiger partial charge >= 0.3 is 6.18 Å². The molecular formula is C11H10F3N3O. The number of rotatable bonds is 3. The van der Waals surface area contributed by atoms with Gasteiger partial charge in [-0.1, -0.05) is 18.2 Å². The fraction of sp³-hybridized carbons (Fsp3) is 0.273. The molecule has 7 heteroatoms. The number of aromatic nitrogens is 2. The Morgan fingerprint density at radius 3 is 2.78 bits per heavy atom. The molecule has 1 amide bonds. The average Bonchev–Trinajstić information content (AvgIpc) is 2.70. The fourth-order valence-corrected chi connectivity index (χ4v) is 1.54. The first-order valence-corrected chi connectivity index (χ1v) is 5.25. The molecule has 2 N–H and O–H groups in total. The number of halogens is 3. The molecule has 0 atom stereocenters. The lowest BCUT2D eigenvalue weighted by Gasteiger charge is -2.06. The van der Waals surface area contributed by atoms with E-state index in [-0.39, 0.29) is 5.69 Å². The highest BCUT2D eigenvalue weighted by atomic mass is 19.4. The van der Waals surface area contributed by atoms with Crippen LogP contribution < -0.4 is 5.32 Å². The summed E-state index contributed by atoms with van der Waals surface area (Å²) in [6.07, 6.45) is -5.33. The maximum Gasteiger partial charge on any atom is 0.390 e. The van der Waals surface area contributed by atoms with Crippen molar-refractivity contribution in [1.29, 1.82) is 0 Å². The largest absolute Gasteiger partial charge is 0.390 e. The summed E-state index contributed by atoms with van der Waals surface area (Å²) in [6, 6.07) is 6.91. The first kappa shape index (κ1) is 12.4. The molecule has 0 saturated heterocycles. The second-order valence-corrected chi connectivity index (χ2v) is 3.74.